The summed E-state index contributed by atoms with van der Waals surface area (Å²) in [5.74, 6) is -0.521. The number of ether oxygens (including phenoxy) is 2. The third-order valence-electron chi connectivity index (χ3n) is 2.32. The molecule has 0 N–H and O–H groups in total. The van der Waals surface area contributed by atoms with Gasteiger partial charge < -0.3 is 9.47 Å². The van der Waals surface area contributed by atoms with Gasteiger partial charge >= 0.3 is 11.9 Å². The van der Waals surface area contributed by atoms with E-state index >= 15 is 0 Å². The van der Waals surface area contributed by atoms with Crippen LogP contribution in [0.25, 0.3) is 0 Å². The first-order chi connectivity index (χ1) is 7.83. The van der Waals surface area contributed by atoms with Gasteiger partial charge in [-0.25, -0.2) is 4.79 Å². The third-order valence-corrected chi connectivity index (χ3v) is 2.32. The predicted octanol–water partition coefficient (Wildman–Crippen LogP) is 2.08. The van der Waals surface area contributed by atoms with Gasteiger partial charge in [-0.2, -0.15) is 0 Å². The summed E-state index contributed by atoms with van der Waals surface area (Å²) in [7, 11) is 0. The molecule has 4 heteroatoms. The molecule has 0 spiro atoms. The number of esters is 2. The molecule has 1 rings (SSSR count). The van der Waals surface area contributed by atoms with E-state index in [4.69, 9.17) is 9.47 Å². The summed E-state index contributed by atoms with van der Waals surface area (Å²) in [4.78, 5) is 22.7. The van der Waals surface area contributed by atoms with Crippen molar-refractivity contribution in [3.63, 3.8) is 0 Å². The van der Waals surface area contributed by atoms with Crippen LogP contribution in [-0.2, 0) is 19.1 Å². The normalized spacial score (nSPS) is 23.5. The van der Waals surface area contributed by atoms with Gasteiger partial charge in [0, 0.05) is 6.08 Å². The molecule has 2 atom stereocenters. The van der Waals surface area contributed by atoms with Crippen molar-refractivity contribution < 1.29 is 19.1 Å². The topological polar surface area (TPSA) is 52.6 Å². The molecule has 96 valence electrons. The Hall–Kier alpha value is -1.32. The summed E-state index contributed by atoms with van der Waals surface area (Å²) in [6.07, 6.45) is 3.87. The fraction of sp³-hybridized carbons (Fsp3) is 0.692. The molecule has 1 saturated carbocycles. The predicted molar refractivity (Wildman–Crippen MR) is 63.2 cm³/mol. The Balaban J connectivity index is 2.34. The smallest absolute Gasteiger partial charge is 0.330 e. The molecule has 0 heterocycles. The Kier molecular flexibility index (Phi) is 4.32. The molecule has 0 aliphatic heterocycles. The lowest BCUT2D eigenvalue weighted by atomic mass is 10.2. The molecule has 4 nitrogen and oxygen atoms in total. The van der Waals surface area contributed by atoms with Gasteiger partial charge in [-0.1, -0.05) is 6.08 Å². The molecule has 0 saturated heterocycles. The molecule has 0 amide bonds. The molecule has 0 unspecified atom stereocenters. The fourth-order valence-corrected chi connectivity index (χ4v) is 1.47. The van der Waals surface area contributed by atoms with Crippen molar-refractivity contribution in [1.29, 1.82) is 0 Å². The minimum atomic E-state index is -0.449. The van der Waals surface area contributed by atoms with Gasteiger partial charge in [-0.05, 0) is 40.0 Å². The van der Waals surface area contributed by atoms with Crippen LogP contribution < -0.4 is 0 Å². The van der Waals surface area contributed by atoms with Gasteiger partial charge in [-0.3, -0.25) is 4.79 Å². The zero-order chi connectivity index (χ0) is 13.1. The lowest BCUT2D eigenvalue weighted by Crippen LogP contribution is -2.25. The Morgan fingerprint density at radius 1 is 1.35 bits per heavy atom. The van der Waals surface area contributed by atoms with Crippen LogP contribution in [0.5, 0.6) is 0 Å². The van der Waals surface area contributed by atoms with Crippen LogP contribution in [0.4, 0.5) is 0 Å². The van der Waals surface area contributed by atoms with E-state index in [9.17, 15) is 9.59 Å². The molecule has 17 heavy (non-hydrogen) atoms. The molecule has 1 fully saturated rings. The second kappa shape index (κ2) is 5.34. The van der Waals surface area contributed by atoms with Crippen molar-refractivity contribution in [3.05, 3.63) is 12.2 Å². The van der Waals surface area contributed by atoms with Crippen molar-refractivity contribution in [2.75, 3.05) is 6.61 Å². The van der Waals surface area contributed by atoms with Crippen LogP contribution in [0.3, 0.4) is 0 Å². The molecule has 0 aromatic carbocycles. The second-order valence-corrected chi connectivity index (χ2v) is 5.15. The minimum absolute atomic E-state index is 0.0973. The quantitative estimate of drug-likeness (QED) is 0.557. The summed E-state index contributed by atoms with van der Waals surface area (Å²) in [6.45, 7) is 7.65. The SMILES string of the molecule is CCOC(=O)C=C[C@H]1C[C@@H]1C(=O)OC(C)(C)C. The lowest BCUT2D eigenvalue weighted by molar-refractivity contribution is -0.156. The van der Waals surface area contributed by atoms with E-state index in [1.165, 1.54) is 6.08 Å². The van der Waals surface area contributed by atoms with Crippen molar-refractivity contribution >= 4 is 11.9 Å². The number of rotatable bonds is 4. The summed E-state index contributed by atoms with van der Waals surface area (Å²) in [5, 5.41) is 0. The van der Waals surface area contributed by atoms with E-state index in [2.05, 4.69) is 0 Å². The summed E-state index contributed by atoms with van der Waals surface area (Å²) in [6, 6.07) is 0. The molecule has 1 aliphatic rings. The van der Waals surface area contributed by atoms with Crippen LogP contribution in [0.15, 0.2) is 12.2 Å². The zero-order valence-corrected chi connectivity index (χ0v) is 10.9. The first-order valence-electron chi connectivity index (χ1n) is 5.91. The number of carbonyl (C=O) groups excluding carboxylic acids is 2. The summed E-state index contributed by atoms with van der Waals surface area (Å²) < 4.78 is 10.0. The fourth-order valence-electron chi connectivity index (χ4n) is 1.47. The van der Waals surface area contributed by atoms with E-state index in [1.54, 1.807) is 13.0 Å². The number of carbonyl (C=O) groups is 2. The highest BCUT2D eigenvalue weighted by Crippen LogP contribution is 2.41. The molecular formula is C13H20O4. The number of hydrogen-bond donors (Lipinski definition) is 0. The summed E-state index contributed by atoms with van der Waals surface area (Å²) >= 11 is 0. The van der Waals surface area contributed by atoms with Crippen LogP contribution in [-0.4, -0.2) is 24.1 Å². The number of allylic oxidation sites excluding steroid dienone is 1. The van der Waals surface area contributed by atoms with Gasteiger partial charge in [-0.15, -0.1) is 0 Å². The maximum Gasteiger partial charge on any atom is 0.330 e. The molecule has 0 aromatic rings. The number of hydrogen-bond acceptors (Lipinski definition) is 4. The molecule has 0 aromatic heterocycles. The Bertz CT molecular complexity index is 325. The van der Waals surface area contributed by atoms with E-state index in [0.717, 1.165) is 6.42 Å². The highest BCUT2D eigenvalue weighted by Gasteiger charge is 2.43. The van der Waals surface area contributed by atoms with Crippen molar-refractivity contribution in [2.45, 2.75) is 39.7 Å². The Morgan fingerprint density at radius 3 is 2.53 bits per heavy atom. The van der Waals surface area contributed by atoms with Gasteiger partial charge in [0.1, 0.15) is 5.60 Å². The zero-order valence-electron chi connectivity index (χ0n) is 10.9. The van der Waals surface area contributed by atoms with Gasteiger partial charge in [0.2, 0.25) is 0 Å². The van der Waals surface area contributed by atoms with Gasteiger partial charge in [0.15, 0.2) is 0 Å². The van der Waals surface area contributed by atoms with Crippen LogP contribution in [0.2, 0.25) is 0 Å². The summed E-state index contributed by atoms with van der Waals surface area (Å²) in [5.41, 5.74) is -0.449. The highest BCUT2D eigenvalue weighted by atomic mass is 16.6. The maximum absolute atomic E-state index is 11.6. The molecule has 0 bridgehead atoms. The molecule has 0 radical (unpaired) electrons. The van der Waals surface area contributed by atoms with Crippen LogP contribution in [0.1, 0.15) is 34.1 Å². The molecule has 1 aliphatic carbocycles. The van der Waals surface area contributed by atoms with E-state index in [-0.39, 0.29) is 23.8 Å². The average molecular weight is 240 g/mol. The lowest BCUT2D eigenvalue weighted by Gasteiger charge is -2.19. The van der Waals surface area contributed by atoms with Crippen molar-refractivity contribution in [1.82, 2.24) is 0 Å². The first kappa shape index (κ1) is 13.7. The van der Waals surface area contributed by atoms with Crippen molar-refractivity contribution in [2.24, 2.45) is 11.8 Å². The van der Waals surface area contributed by atoms with Gasteiger partial charge in [0.05, 0.1) is 12.5 Å². The first-order valence-corrected chi connectivity index (χ1v) is 5.91. The van der Waals surface area contributed by atoms with E-state index < -0.39 is 5.60 Å². The average Bonchev–Trinajstić information content (AvgIpc) is 2.91. The molecular weight excluding hydrogens is 220 g/mol. The van der Waals surface area contributed by atoms with Gasteiger partial charge in [0.25, 0.3) is 0 Å². The van der Waals surface area contributed by atoms with Crippen LogP contribution >= 0.6 is 0 Å². The van der Waals surface area contributed by atoms with Crippen LogP contribution in [0, 0.1) is 11.8 Å². The third kappa shape index (κ3) is 5.02. The highest BCUT2D eigenvalue weighted by molar-refractivity contribution is 5.82. The monoisotopic (exact) mass is 240 g/mol. The largest absolute Gasteiger partial charge is 0.463 e. The Labute approximate surface area is 102 Å². The Morgan fingerprint density at radius 2 is 2.00 bits per heavy atom. The van der Waals surface area contributed by atoms with Crippen molar-refractivity contribution in [3.8, 4) is 0 Å². The van der Waals surface area contributed by atoms with E-state index in [1.807, 2.05) is 20.8 Å². The van der Waals surface area contributed by atoms with E-state index in [0.29, 0.717) is 6.61 Å². The maximum atomic E-state index is 11.6. The standard InChI is InChI=1S/C13H20O4/c1-5-16-11(14)7-6-9-8-10(9)12(15)17-13(2,3)4/h6-7,9-10H,5,8H2,1-4H3/t9-,10-/m0/s1. The second-order valence-electron chi connectivity index (χ2n) is 5.15. The minimum Gasteiger partial charge on any atom is -0.463 e.